The number of ketones is 1. The fourth-order valence-corrected chi connectivity index (χ4v) is 2.19. The van der Waals surface area contributed by atoms with Crippen LogP contribution in [0.4, 0.5) is 0 Å². The van der Waals surface area contributed by atoms with Gasteiger partial charge in [-0.25, -0.2) is 4.79 Å². The molecule has 6 nitrogen and oxygen atoms in total. The summed E-state index contributed by atoms with van der Waals surface area (Å²) in [5, 5.41) is 9.10. The minimum atomic E-state index is -1.15. The lowest BCUT2D eigenvalue weighted by Crippen LogP contribution is -2.11. The van der Waals surface area contributed by atoms with Crippen LogP contribution in [-0.2, 0) is 9.53 Å². The van der Waals surface area contributed by atoms with Crippen LogP contribution in [0.2, 0.25) is 0 Å². The molecule has 0 atom stereocenters. The first kappa shape index (κ1) is 19.1. The van der Waals surface area contributed by atoms with Gasteiger partial charge in [-0.3, -0.25) is 4.79 Å². The number of carboxylic acid groups (broad SMARTS) is 1. The van der Waals surface area contributed by atoms with Crippen LogP contribution in [0.3, 0.4) is 0 Å². The van der Waals surface area contributed by atoms with Crippen LogP contribution in [0.25, 0.3) is 6.08 Å². The molecule has 6 heteroatoms. The van der Waals surface area contributed by atoms with E-state index in [0.717, 1.165) is 0 Å². The van der Waals surface area contributed by atoms with E-state index in [2.05, 4.69) is 0 Å². The van der Waals surface area contributed by atoms with Gasteiger partial charge in [0, 0.05) is 5.56 Å². The smallest absolute Gasteiger partial charge is 0.371 e. The van der Waals surface area contributed by atoms with Gasteiger partial charge < -0.3 is 19.3 Å². The van der Waals surface area contributed by atoms with Gasteiger partial charge in [0.25, 0.3) is 0 Å². The molecule has 136 valence electrons. The molecular formula is C20H20O6. The normalized spacial score (nSPS) is 10.9. The van der Waals surface area contributed by atoms with Crippen LogP contribution < -0.4 is 9.47 Å². The van der Waals surface area contributed by atoms with Gasteiger partial charge in [0.05, 0.1) is 13.7 Å². The van der Waals surface area contributed by atoms with Crippen molar-refractivity contribution in [1.29, 1.82) is 0 Å². The van der Waals surface area contributed by atoms with Crippen molar-refractivity contribution in [2.45, 2.75) is 6.92 Å². The molecule has 2 rings (SSSR count). The van der Waals surface area contributed by atoms with Crippen molar-refractivity contribution in [3.05, 3.63) is 65.4 Å². The van der Waals surface area contributed by atoms with Crippen molar-refractivity contribution < 1.29 is 28.9 Å². The highest BCUT2D eigenvalue weighted by Gasteiger charge is 2.10. The van der Waals surface area contributed by atoms with Crippen molar-refractivity contribution in [2.75, 3.05) is 20.3 Å². The number of hydrogen-bond acceptors (Lipinski definition) is 5. The van der Waals surface area contributed by atoms with Crippen LogP contribution in [0, 0.1) is 0 Å². The number of methoxy groups -OCH3 is 1. The summed E-state index contributed by atoms with van der Waals surface area (Å²) < 4.78 is 15.7. The van der Waals surface area contributed by atoms with Gasteiger partial charge in [0.15, 0.2) is 12.4 Å². The predicted molar refractivity (Wildman–Crippen MR) is 96.5 cm³/mol. The van der Waals surface area contributed by atoms with E-state index in [-0.39, 0.29) is 24.8 Å². The Kier molecular flexibility index (Phi) is 6.79. The largest absolute Gasteiger partial charge is 0.497 e. The molecule has 0 fully saturated rings. The average molecular weight is 356 g/mol. The van der Waals surface area contributed by atoms with Crippen LogP contribution in [-0.4, -0.2) is 37.2 Å². The lowest BCUT2D eigenvalue weighted by molar-refractivity contribution is -0.136. The van der Waals surface area contributed by atoms with E-state index < -0.39 is 5.97 Å². The molecule has 0 radical (unpaired) electrons. The summed E-state index contributed by atoms with van der Waals surface area (Å²) in [7, 11) is 1.53. The molecule has 0 amide bonds. The average Bonchev–Trinajstić information content (AvgIpc) is 2.66. The Balaban J connectivity index is 2.07. The van der Waals surface area contributed by atoms with Crippen molar-refractivity contribution in [3.63, 3.8) is 0 Å². The maximum absolute atomic E-state index is 12.2. The first-order valence-electron chi connectivity index (χ1n) is 8.01. The number of aliphatic carboxylic acids is 1. The zero-order valence-electron chi connectivity index (χ0n) is 14.6. The summed E-state index contributed by atoms with van der Waals surface area (Å²) >= 11 is 0. The van der Waals surface area contributed by atoms with Gasteiger partial charge in [-0.05, 0) is 42.8 Å². The van der Waals surface area contributed by atoms with Gasteiger partial charge in [-0.15, -0.1) is 0 Å². The summed E-state index contributed by atoms with van der Waals surface area (Å²) in [6.07, 6.45) is 1.41. The molecule has 0 spiro atoms. The number of carbonyl (C=O) groups excluding carboxylic acids is 1. The van der Waals surface area contributed by atoms with E-state index in [9.17, 15) is 9.59 Å². The van der Waals surface area contributed by atoms with Crippen molar-refractivity contribution in [1.82, 2.24) is 0 Å². The minimum absolute atomic E-state index is 0.141. The molecule has 0 aliphatic rings. The molecule has 0 aliphatic heterocycles. The number of ether oxygens (including phenoxy) is 3. The third-order valence-electron chi connectivity index (χ3n) is 3.43. The molecule has 0 heterocycles. The number of carboxylic acids is 1. The standard InChI is InChI=1S/C20H20O6/c1-3-25-19(20(22)23)11-14-6-4-9-17(10-14)26-13-18(21)15-7-5-8-16(12-15)24-2/h4-12H,3,13H2,1-2H3,(H,22,23). The second-order valence-electron chi connectivity index (χ2n) is 5.26. The monoisotopic (exact) mass is 356 g/mol. The topological polar surface area (TPSA) is 82.1 Å². The highest BCUT2D eigenvalue weighted by Crippen LogP contribution is 2.18. The van der Waals surface area contributed by atoms with Gasteiger partial charge in [-0.1, -0.05) is 24.3 Å². The highest BCUT2D eigenvalue weighted by molar-refractivity contribution is 5.97. The fourth-order valence-electron chi connectivity index (χ4n) is 2.19. The number of hydrogen-bond donors (Lipinski definition) is 1. The van der Waals surface area contributed by atoms with Gasteiger partial charge in [0.1, 0.15) is 11.5 Å². The molecule has 0 aliphatic carbocycles. The third kappa shape index (κ3) is 5.37. The summed E-state index contributed by atoms with van der Waals surface area (Å²) in [5.41, 5.74) is 1.09. The van der Waals surface area contributed by atoms with Gasteiger partial charge in [0.2, 0.25) is 5.76 Å². The summed E-state index contributed by atoms with van der Waals surface area (Å²) in [4.78, 5) is 23.4. The van der Waals surface area contributed by atoms with E-state index in [1.54, 1.807) is 55.5 Å². The van der Waals surface area contributed by atoms with Crippen molar-refractivity contribution >= 4 is 17.8 Å². The van der Waals surface area contributed by atoms with Gasteiger partial charge in [-0.2, -0.15) is 0 Å². The lowest BCUT2D eigenvalue weighted by atomic mass is 10.1. The van der Waals surface area contributed by atoms with Crippen LogP contribution in [0.1, 0.15) is 22.8 Å². The summed E-state index contributed by atoms with van der Waals surface area (Å²) in [6.45, 7) is 1.82. The number of Topliss-reactive ketones (excluding diaryl/α,β-unsaturated/α-hetero) is 1. The quantitative estimate of drug-likeness (QED) is 0.421. The molecule has 0 unspecified atom stereocenters. The molecule has 2 aromatic rings. The van der Waals surface area contributed by atoms with E-state index >= 15 is 0 Å². The molecule has 0 bridgehead atoms. The highest BCUT2D eigenvalue weighted by atomic mass is 16.5. The molecule has 26 heavy (non-hydrogen) atoms. The van der Waals surface area contributed by atoms with E-state index in [1.165, 1.54) is 13.2 Å². The molecule has 0 aromatic heterocycles. The Bertz CT molecular complexity index is 809. The maximum atomic E-state index is 12.2. The van der Waals surface area contributed by atoms with E-state index in [1.807, 2.05) is 0 Å². The second kappa shape index (κ2) is 9.27. The second-order valence-corrected chi connectivity index (χ2v) is 5.26. The first-order valence-corrected chi connectivity index (χ1v) is 8.01. The SMILES string of the molecule is CCOC(=Cc1cccc(OCC(=O)c2cccc(OC)c2)c1)C(=O)O. The molecule has 0 saturated carbocycles. The Labute approximate surface area is 151 Å². The zero-order valence-corrected chi connectivity index (χ0v) is 14.6. The van der Waals surface area contributed by atoms with Gasteiger partial charge >= 0.3 is 5.97 Å². The Morgan fingerprint density at radius 1 is 1.08 bits per heavy atom. The Morgan fingerprint density at radius 3 is 2.50 bits per heavy atom. The zero-order chi connectivity index (χ0) is 18.9. The molecule has 2 aromatic carbocycles. The Hall–Kier alpha value is -3.28. The Morgan fingerprint density at radius 2 is 1.81 bits per heavy atom. The molecular weight excluding hydrogens is 336 g/mol. The lowest BCUT2D eigenvalue weighted by Gasteiger charge is -2.08. The number of benzene rings is 2. The molecule has 0 saturated heterocycles. The maximum Gasteiger partial charge on any atom is 0.371 e. The summed E-state index contributed by atoms with van der Waals surface area (Å²) in [6, 6.07) is 13.6. The van der Waals surface area contributed by atoms with E-state index in [0.29, 0.717) is 22.6 Å². The predicted octanol–water partition coefficient (Wildman–Crippen LogP) is 3.42. The van der Waals surface area contributed by atoms with Crippen LogP contribution in [0.15, 0.2) is 54.3 Å². The molecule has 1 N–H and O–H groups in total. The van der Waals surface area contributed by atoms with Crippen LogP contribution >= 0.6 is 0 Å². The van der Waals surface area contributed by atoms with Crippen molar-refractivity contribution in [3.8, 4) is 11.5 Å². The van der Waals surface area contributed by atoms with Crippen molar-refractivity contribution in [2.24, 2.45) is 0 Å². The fraction of sp³-hybridized carbons (Fsp3) is 0.200. The first-order chi connectivity index (χ1) is 12.5. The minimum Gasteiger partial charge on any atom is -0.497 e. The third-order valence-corrected chi connectivity index (χ3v) is 3.43. The number of rotatable bonds is 9. The van der Waals surface area contributed by atoms with E-state index in [4.69, 9.17) is 19.3 Å². The summed E-state index contributed by atoms with van der Waals surface area (Å²) in [5.74, 6) is -0.440. The van der Waals surface area contributed by atoms with Crippen LogP contribution in [0.5, 0.6) is 11.5 Å². The number of carbonyl (C=O) groups is 2.